The molecule has 1 amide bonds. The molecule has 3 N–H and O–H groups in total. The predicted octanol–water partition coefficient (Wildman–Crippen LogP) is -1.37. The second kappa shape index (κ2) is 4.65. The molecule has 0 fully saturated rings. The number of aliphatic hydroxyl groups is 1. The van der Waals surface area contributed by atoms with Crippen molar-refractivity contribution in [1.29, 1.82) is 0 Å². The average molecular weight is 221 g/mol. The molecule has 0 radical (unpaired) electrons. The zero-order valence-electron chi connectivity index (χ0n) is 8.64. The Morgan fingerprint density at radius 2 is 2.38 bits per heavy atom. The van der Waals surface area contributed by atoms with Gasteiger partial charge in [-0.3, -0.25) is 4.79 Å². The van der Waals surface area contributed by atoms with Crippen LogP contribution in [0.1, 0.15) is 15.9 Å². The van der Waals surface area contributed by atoms with Crippen LogP contribution in [-0.2, 0) is 11.3 Å². The van der Waals surface area contributed by atoms with Gasteiger partial charge < -0.3 is 20.1 Å². The standard InChI is InChI=1S/C10H12BNO4/c13-4-3-12-10(14)7-1-2-8-6-16-11(15)9(8)5-7/h1-2,5,13,15H,3-4,6H2,(H,12,14). The fourth-order valence-corrected chi connectivity index (χ4v) is 1.63. The first-order chi connectivity index (χ1) is 7.72. The Balaban J connectivity index is 2.17. The van der Waals surface area contributed by atoms with E-state index < -0.39 is 7.12 Å². The minimum absolute atomic E-state index is 0.0948. The van der Waals surface area contributed by atoms with Crippen LogP contribution >= 0.6 is 0 Å². The fraction of sp³-hybridized carbons (Fsp3) is 0.300. The number of rotatable bonds is 3. The molecule has 0 bridgehead atoms. The van der Waals surface area contributed by atoms with Gasteiger partial charge in [-0.1, -0.05) is 6.07 Å². The molecule has 1 aromatic carbocycles. The number of nitrogens with one attached hydrogen (secondary N) is 1. The van der Waals surface area contributed by atoms with E-state index in [4.69, 9.17) is 9.76 Å². The van der Waals surface area contributed by atoms with Crippen molar-refractivity contribution in [1.82, 2.24) is 5.32 Å². The van der Waals surface area contributed by atoms with E-state index in [2.05, 4.69) is 5.32 Å². The number of carbonyl (C=O) groups is 1. The number of amides is 1. The molecule has 0 saturated carbocycles. The Morgan fingerprint density at radius 1 is 1.56 bits per heavy atom. The van der Waals surface area contributed by atoms with E-state index in [1.54, 1.807) is 18.2 Å². The lowest BCUT2D eigenvalue weighted by Gasteiger charge is -2.05. The molecule has 0 saturated heterocycles. The second-order valence-electron chi connectivity index (χ2n) is 3.56. The normalized spacial score (nSPS) is 13.8. The van der Waals surface area contributed by atoms with Crippen molar-refractivity contribution >= 4 is 18.5 Å². The van der Waals surface area contributed by atoms with Crippen LogP contribution in [0.5, 0.6) is 0 Å². The molecule has 0 aromatic heterocycles. The topological polar surface area (TPSA) is 78.8 Å². The highest BCUT2D eigenvalue weighted by molar-refractivity contribution is 6.61. The Labute approximate surface area is 93.2 Å². The third kappa shape index (κ3) is 2.09. The van der Waals surface area contributed by atoms with Crippen molar-refractivity contribution in [2.45, 2.75) is 6.61 Å². The number of fused-ring (bicyclic) bond motifs is 1. The van der Waals surface area contributed by atoms with Gasteiger partial charge in [0.05, 0.1) is 13.2 Å². The lowest BCUT2D eigenvalue weighted by atomic mass is 9.79. The summed E-state index contributed by atoms with van der Waals surface area (Å²) in [6.07, 6.45) is 0. The van der Waals surface area contributed by atoms with Gasteiger partial charge in [0.15, 0.2) is 0 Å². The zero-order chi connectivity index (χ0) is 11.5. The second-order valence-corrected chi connectivity index (χ2v) is 3.56. The van der Waals surface area contributed by atoms with E-state index in [-0.39, 0.29) is 19.1 Å². The third-order valence-electron chi connectivity index (χ3n) is 2.47. The molecule has 1 heterocycles. The average Bonchev–Trinajstić information content (AvgIpc) is 2.67. The number of aliphatic hydroxyl groups excluding tert-OH is 1. The highest BCUT2D eigenvalue weighted by Gasteiger charge is 2.27. The van der Waals surface area contributed by atoms with Crippen molar-refractivity contribution in [3.05, 3.63) is 29.3 Å². The monoisotopic (exact) mass is 221 g/mol. The first kappa shape index (κ1) is 11.1. The summed E-state index contributed by atoms with van der Waals surface area (Å²) in [5, 5.41) is 20.6. The van der Waals surface area contributed by atoms with E-state index in [0.717, 1.165) is 5.56 Å². The molecular formula is C10H12BNO4. The fourth-order valence-electron chi connectivity index (χ4n) is 1.63. The molecule has 1 aliphatic rings. The predicted molar refractivity (Wildman–Crippen MR) is 58.3 cm³/mol. The Morgan fingerprint density at radius 3 is 3.12 bits per heavy atom. The van der Waals surface area contributed by atoms with E-state index in [1.165, 1.54) is 0 Å². The molecule has 0 unspecified atom stereocenters. The van der Waals surface area contributed by atoms with E-state index >= 15 is 0 Å². The summed E-state index contributed by atoms with van der Waals surface area (Å²) in [6, 6.07) is 5.05. The quantitative estimate of drug-likeness (QED) is 0.550. The van der Waals surface area contributed by atoms with E-state index in [0.29, 0.717) is 17.6 Å². The number of carbonyl (C=O) groups excluding carboxylic acids is 1. The molecule has 1 aliphatic heterocycles. The van der Waals surface area contributed by atoms with Gasteiger partial charge >= 0.3 is 7.12 Å². The Kier molecular flexibility index (Phi) is 3.23. The number of hydrogen-bond donors (Lipinski definition) is 3. The molecule has 5 nitrogen and oxygen atoms in total. The highest BCUT2D eigenvalue weighted by atomic mass is 16.5. The maximum atomic E-state index is 11.6. The summed E-state index contributed by atoms with van der Waals surface area (Å²) in [4.78, 5) is 11.6. The lowest BCUT2D eigenvalue weighted by Crippen LogP contribution is -2.31. The molecule has 84 valence electrons. The smallest absolute Gasteiger partial charge is 0.423 e. The van der Waals surface area contributed by atoms with Crippen molar-refractivity contribution in [3.63, 3.8) is 0 Å². The number of hydrogen-bond acceptors (Lipinski definition) is 4. The molecule has 0 aliphatic carbocycles. The zero-order valence-corrected chi connectivity index (χ0v) is 8.64. The summed E-state index contributed by atoms with van der Waals surface area (Å²) in [5.41, 5.74) is 1.99. The van der Waals surface area contributed by atoms with Gasteiger partial charge in [0.25, 0.3) is 5.91 Å². The third-order valence-corrected chi connectivity index (χ3v) is 2.47. The van der Waals surface area contributed by atoms with Crippen molar-refractivity contribution < 1.29 is 19.6 Å². The Bertz CT molecular complexity index is 410. The van der Waals surface area contributed by atoms with Gasteiger partial charge in [0, 0.05) is 12.1 Å². The van der Waals surface area contributed by atoms with Gasteiger partial charge in [-0.25, -0.2) is 0 Å². The van der Waals surface area contributed by atoms with Crippen LogP contribution < -0.4 is 10.8 Å². The van der Waals surface area contributed by atoms with Crippen LogP contribution in [0.15, 0.2) is 18.2 Å². The molecule has 6 heteroatoms. The van der Waals surface area contributed by atoms with Crippen molar-refractivity contribution in [3.8, 4) is 0 Å². The number of benzene rings is 1. The van der Waals surface area contributed by atoms with Crippen LogP contribution in [-0.4, -0.2) is 36.3 Å². The minimum atomic E-state index is -0.944. The SMILES string of the molecule is O=C(NCCO)c1ccc2c(c1)B(O)OC2. The summed E-state index contributed by atoms with van der Waals surface area (Å²) in [5.74, 6) is -0.268. The molecule has 2 rings (SSSR count). The molecule has 0 atom stereocenters. The lowest BCUT2D eigenvalue weighted by molar-refractivity contribution is 0.0945. The molecule has 1 aromatic rings. The first-order valence-corrected chi connectivity index (χ1v) is 5.04. The van der Waals surface area contributed by atoms with Crippen LogP contribution in [0.2, 0.25) is 0 Å². The highest BCUT2D eigenvalue weighted by Crippen LogP contribution is 2.11. The molecule has 16 heavy (non-hydrogen) atoms. The largest absolute Gasteiger partial charge is 0.491 e. The minimum Gasteiger partial charge on any atom is -0.423 e. The van der Waals surface area contributed by atoms with Crippen LogP contribution in [0.25, 0.3) is 0 Å². The summed E-state index contributed by atoms with van der Waals surface area (Å²) in [6.45, 7) is 0.492. The van der Waals surface area contributed by atoms with E-state index in [1.807, 2.05) is 0 Å². The van der Waals surface area contributed by atoms with Crippen molar-refractivity contribution in [2.75, 3.05) is 13.2 Å². The maximum Gasteiger partial charge on any atom is 0.491 e. The summed E-state index contributed by atoms with van der Waals surface area (Å²) >= 11 is 0. The van der Waals surface area contributed by atoms with Gasteiger partial charge in [-0.15, -0.1) is 0 Å². The molecule has 0 spiro atoms. The van der Waals surface area contributed by atoms with Crippen LogP contribution in [0, 0.1) is 0 Å². The molecular weight excluding hydrogens is 209 g/mol. The van der Waals surface area contributed by atoms with Crippen molar-refractivity contribution in [2.24, 2.45) is 0 Å². The summed E-state index contributed by atoms with van der Waals surface area (Å²) < 4.78 is 5.02. The van der Waals surface area contributed by atoms with Gasteiger partial charge in [0.1, 0.15) is 0 Å². The van der Waals surface area contributed by atoms with Gasteiger partial charge in [0.2, 0.25) is 0 Å². The van der Waals surface area contributed by atoms with Gasteiger partial charge in [-0.05, 0) is 23.2 Å². The van der Waals surface area contributed by atoms with Gasteiger partial charge in [-0.2, -0.15) is 0 Å². The van der Waals surface area contributed by atoms with Crippen LogP contribution in [0.4, 0.5) is 0 Å². The Hall–Kier alpha value is -1.37. The summed E-state index contributed by atoms with van der Waals surface area (Å²) in [7, 11) is -0.944. The van der Waals surface area contributed by atoms with E-state index in [9.17, 15) is 9.82 Å². The van der Waals surface area contributed by atoms with Crippen LogP contribution in [0.3, 0.4) is 0 Å². The first-order valence-electron chi connectivity index (χ1n) is 5.04. The maximum absolute atomic E-state index is 11.6.